The fraction of sp³-hybridized carbons (Fsp3) is 0.375. The van der Waals surface area contributed by atoms with E-state index in [1.807, 2.05) is 68.4 Å². The molecule has 0 saturated heterocycles. The Bertz CT molecular complexity index is 1140. The Morgan fingerprint density at radius 3 is 2.14 bits per heavy atom. The zero-order chi connectivity index (χ0) is 26.8. The summed E-state index contributed by atoms with van der Waals surface area (Å²) in [4.78, 5) is 29.1. The first-order chi connectivity index (χ1) is 17.8. The molecule has 5 heteroatoms. The van der Waals surface area contributed by atoms with Crippen molar-refractivity contribution in [3.8, 4) is 0 Å². The van der Waals surface area contributed by atoms with E-state index in [2.05, 4.69) is 43.4 Å². The summed E-state index contributed by atoms with van der Waals surface area (Å²) in [6.45, 7) is 8.63. The lowest BCUT2D eigenvalue weighted by molar-refractivity contribution is -0.141. The van der Waals surface area contributed by atoms with E-state index < -0.39 is 6.04 Å². The monoisotopic (exact) mass is 518 g/mol. The summed E-state index contributed by atoms with van der Waals surface area (Å²) < 4.78 is 0. The topological polar surface area (TPSA) is 49.4 Å². The lowest BCUT2D eigenvalue weighted by atomic mass is 9.99. The molecule has 1 N–H and O–H groups in total. The van der Waals surface area contributed by atoms with E-state index in [4.69, 9.17) is 11.6 Å². The van der Waals surface area contributed by atoms with Crippen LogP contribution in [0.2, 0.25) is 5.02 Å². The number of carbonyl (C=O) groups excluding carboxylic acids is 2. The van der Waals surface area contributed by atoms with E-state index in [9.17, 15) is 9.59 Å². The smallest absolute Gasteiger partial charge is 0.243 e. The third-order valence-electron chi connectivity index (χ3n) is 6.84. The highest BCUT2D eigenvalue weighted by atomic mass is 35.5. The number of amides is 2. The molecule has 0 saturated carbocycles. The second kappa shape index (κ2) is 14.0. The second-order valence-electron chi connectivity index (χ2n) is 10.0. The van der Waals surface area contributed by atoms with E-state index >= 15 is 0 Å². The van der Waals surface area contributed by atoms with Gasteiger partial charge in [-0.25, -0.2) is 0 Å². The maximum atomic E-state index is 13.8. The summed E-state index contributed by atoms with van der Waals surface area (Å²) >= 11 is 6.50. The van der Waals surface area contributed by atoms with Crippen LogP contribution in [0.3, 0.4) is 0 Å². The zero-order valence-corrected chi connectivity index (χ0v) is 23.2. The first-order valence-electron chi connectivity index (χ1n) is 13.2. The van der Waals surface area contributed by atoms with Crippen LogP contribution in [-0.4, -0.2) is 28.8 Å². The second-order valence-corrected chi connectivity index (χ2v) is 10.4. The van der Waals surface area contributed by atoms with Gasteiger partial charge in [0.25, 0.3) is 0 Å². The molecule has 3 aromatic rings. The van der Waals surface area contributed by atoms with Crippen LogP contribution in [0.4, 0.5) is 0 Å². The molecule has 0 fully saturated rings. The Hall–Kier alpha value is -3.11. The van der Waals surface area contributed by atoms with Gasteiger partial charge in [0.2, 0.25) is 11.8 Å². The van der Waals surface area contributed by atoms with E-state index in [0.717, 1.165) is 23.1 Å². The SMILES string of the molecule is CC[C@H](C)NC(=O)[C@@H](Cc1ccccc1)N(Cc1ccccc1Cl)C(=O)CCc1ccc(C(C)C)cc1. The quantitative estimate of drug-likeness (QED) is 0.282. The van der Waals surface area contributed by atoms with Crippen molar-refractivity contribution < 1.29 is 9.59 Å². The van der Waals surface area contributed by atoms with Crippen molar-refractivity contribution in [3.05, 3.63) is 106 Å². The molecule has 0 aliphatic rings. The number of hydrogen-bond acceptors (Lipinski definition) is 2. The first-order valence-corrected chi connectivity index (χ1v) is 13.6. The van der Waals surface area contributed by atoms with Crippen molar-refractivity contribution in [2.45, 2.75) is 77.9 Å². The van der Waals surface area contributed by atoms with E-state index in [1.54, 1.807) is 4.90 Å². The van der Waals surface area contributed by atoms with Crippen molar-refractivity contribution in [1.82, 2.24) is 10.2 Å². The Balaban J connectivity index is 1.90. The summed E-state index contributed by atoms with van der Waals surface area (Å²) in [7, 11) is 0. The van der Waals surface area contributed by atoms with Gasteiger partial charge in [-0.3, -0.25) is 9.59 Å². The standard InChI is InChI=1S/C32H39ClN2O2/c1-5-24(4)34-32(37)30(21-26-11-7-6-8-12-26)35(22-28-13-9-10-14-29(28)33)31(36)20-17-25-15-18-27(19-16-25)23(2)3/h6-16,18-19,23-24,30H,5,17,20-22H2,1-4H3,(H,34,37)/t24-,30+/m0/s1. The van der Waals surface area contributed by atoms with Gasteiger partial charge in [-0.1, -0.05) is 105 Å². The summed E-state index contributed by atoms with van der Waals surface area (Å²) in [6.07, 6.45) is 2.17. The van der Waals surface area contributed by atoms with Crippen LogP contribution >= 0.6 is 11.6 Å². The average molecular weight is 519 g/mol. The number of nitrogens with one attached hydrogen (secondary N) is 1. The molecule has 0 aromatic heterocycles. The first kappa shape index (κ1) is 28.5. The van der Waals surface area contributed by atoms with Crippen LogP contribution in [0.5, 0.6) is 0 Å². The van der Waals surface area contributed by atoms with Crippen LogP contribution in [0.25, 0.3) is 0 Å². The predicted octanol–water partition coefficient (Wildman–Crippen LogP) is 6.95. The number of hydrogen-bond donors (Lipinski definition) is 1. The maximum absolute atomic E-state index is 13.8. The van der Waals surface area contributed by atoms with Gasteiger partial charge < -0.3 is 10.2 Å². The Morgan fingerprint density at radius 2 is 1.51 bits per heavy atom. The number of nitrogens with zero attached hydrogens (tertiary/aromatic N) is 1. The molecule has 2 amide bonds. The number of rotatable bonds is 12. The molecular formula is C32H39ClN2O2. The van der Waals surface area contributed by atoms with Gasteiger partial charge in [0.05, 0.1) is 0 Å². The Morgan fingerprint density at radius 1 is 0.865 bits per heavy atom. The lowest BCUT2D eigenvalue weighted by Gasteiger charge is -2.32. The molecule has 0 heterocycles. The third kappa shape index (κ3) is 8.46. The van der Waals surface area contributed by atoms with Gasteiger partial charge in [0.15, 0.2) is 0 Å². The number of aryl methyl sites for hydroxylation is 1. The molecule has 37 heavy (non-hydrogen) atoms. The minimum atomic E-state index is -0.650. The molecule has 4 nitrogen and oxygen atoms in total. The molecule has 196 valence electrons. The molecule has 3 rings (SSSR count). The Labute approximate surface area is 227 Å². The summed E-state index contributed by atoms with van der Waals surface area (Å²) in [5, 5.41) is 3.70. The van der Waals surface area contributed by atoms with Crippen LogP contribution in [0.15, 0.2) is 78.9 Å². The fourth-order valence-electron chi connectivity index (χ4n) is 4.27. The summed E-state index contributed by atoms with van der Waals surface area (Å²) in [6, 6.07) is 25.2. The van der Waals surface area contributed by atoms with Crippen LogP contribution in [0.1, 0.15) is 68.7 Å². The summed E-state index contributed by atoms with van der Waals surface area (Å²) in [5.41, 5.74) is 4.22. The molecule has 0 radical (unpaired) electrons. The van der Waals surface area contributed by atoms with Crippen molar-refractivity contribution in [2.75, 3.05) is 0 Å². The molecule has 0 unspecified atom stereocenters. The minimum Gasteiger partial charge on any atom is -0.352 e. The van der Waals surface area contributed by atoms with E-state index in [-0.39, 0.29) is 24.4 Å². The minimum absolute atomic E-state index is 0.0162. The van der Waals surface area contributed by atoms with Crippen LogP contribution in [-0.2, 0) is 29.0 Å². The molecule has 0 bridgehead atoms. The molecule has 0 aliphatic heterocycles. The van der Waals surface area contributed by atoms with Gasteiger partial charge in [-0.2, -0.15) is 0 Å². The molecule has 0 spiro atoms. The van der Waals surface area contributed by atoms with Crippen molar-refractivity contribution in [1.29, 1.82) is 0 Å². The van der Waals surface area contributed by atoms with Gasteiger partial charge >= 0.3 is 0 Å². The highest BCUT2D eigenvalue weighted by Crippen LogP contribution is 2.22. The maximum Gasteiger partial charge on any atom is 0.243 e. The number of carbonyl (C=O) groups is 2. The third-order valence-corrected chi connectivity index (χ3v) is 7.21. The molecular weight excluding hydrogens is 480 g/mol. The van der Waals surface area contributed by atoms with Crippen LogP contribution < -0.4 is 5.32 Å². The van der Waals surface area contributed by atoms with Gasteiger partial charge in [-0.05, 0) is 54.0 Å². The molecule has 3 aromatic carbocycles. The normalized spacial score (nSPS) is 12.7. The predicted molar refractivity (Wildman–Crippen MR) is 153 cm³/mol. The average Bonchev–Trinajstić information content (AvgIpc) is 2.90. The van der Waals surface area contributed by atoms with Gasteiger partial charge in [0.1, 0.15) is 6.04 Å². The zero-order valence-electron chi connectivity index (χ0n) is 22.4. The summed E-state index contributed by atoms with van der Waals surface area (Å²) in [5.74, 6) is 0.262. The van der Waals surface area contributed by atoms with E-state index in [1.165, 1.54) is 5.56 Å². The lowest BCUT2D eigenvalue weighted by Crippen LogP contribution is -2.52. The molecule has 2 atom stereocenters. The van der Waals surface area contributed by atoms with Gasteiger partial charge in [0, 0.05) is 30.5 Å². The number of halogens is 1. The molecule has 0 aliphatic carbocycles. The number of benzene rings is 3. The van der Waals surface area contributed by atoms with E-state index in [0.29, 0.717) is 30.2 Å². The van der Waals surface area contributed by atoms with Crippen LogP contribution in [0, 0.1) is 0 Å². The highest BCUT2D eigenvalue weighted by Gasteiger charge is 2.31. The van der Waals surface area contributed by atoms with Crippen molar-refractivity contribution >= 4 is 23.4 Å². The van der Waals surface area contributed by atoms with Crippen molar-refractivity contribution in [2.24, 2.45) is 0 Å². The fourth-order valence-corrected chi connectivity index (χ4v) is 4.46. The van der Waals surface area contributed by atoms with Crippen molar-refractivity contribution in [3.63, 3.8) is 0 Å². The van der Waals surface area contributed by atoms with Gasteiger partial charge in [-0.15, -0.1) is 0 Å². The largest absolute Gasteiger partial charge is 0.352 e. The highest BCUT2D eigenvalue weighted by molar-refractivity contribution is 6.31. The Kier molecular flexibility index (Phi) is 10.8.